The molecule has 0 radical (unpaired) electrons. The van der Waals surface area contributed by atoms with Crippen LogP contribution in [0.5, 0.6) is 17.2 Å². The van der Waals surface area contributed by atoms with Gasteiger partial charge in [-0.1, -0.05) is 6.08 Å². The van der Waals surface area contributed by atoms with Gasteiger partial charge in [0.15, 0.2) is 23.0 Å². The number of likely N-dealkylation sites (N-methyl/N-ethyl adjacent to an activating group) is 1. The molecule has 5 rings (SSSR count). The Morgan fingerprint density at radius 1 is 1.06 bits per heavy atom. The van der Waals surface area contributed by atoms with Crippen LogP contribution in [0.1, 0.15) is 27.9 Å². The fraction of sp³-hybridized carbons (Fsp3) is 0.400. The number of Topliss-reactive ketones (excluding diaryl/α,β-unsaturated/α-hetero) is 3. The number of hydrogen-bond donors (Lipinski definition) is 4. The van der Waals surface area contributed by atoms with Gasteiger partial charge in [-0.15, -0.1) is 6.58 Å². The van der Waals surface area contributed by atoms with E-state index in [2.05, 4.69) is 6.58 Å². The molecule has 5 atom stereocenters. The summed E-state index contributed by atoms with van der Waals surface area (Å²) < 4.78 is 10.7. The molecule has 3 unspecified atom stereocenters. The third kappa shape index (κ3) is 5.70. The second kappa shape index (κ2) is 13.0. The Morgan fingerprint density at radius 3 is 2.24 bits per heavy atom. The highest BCUT2D eigenvalue weighted by atomic mass is 16.6. The summed E-state index contributed by atoms with van der Waals surface area (Å²) in [7, 11) is 8.06. The molecule has 1 saturated carbocycles. The van der Waals surface area contributed by atoms with E-state index >= 15 is 0 Å². The molecule has 2 aromatic rings. The minimum Gasteiger partial charge on any atom is -0.508 e. The predicted molar refractivity (Wildman–Crippen MR) is 176 cm³/mol. The first-order chi connectivity index (χ1) is 23.1. The van der Waals surface area contributed by atoms with Crippen molar-refractivity contribution in [1.29, 1.82) is 0 Å². The number of methoxy groups -OCH3 is 1. The Bertz CT molecular complexity index is 1780. The molecule has 0 saturated heterocycles. The predicted octanol–water partition coefficient (Wildman–Crippen LogP) is 1.76. The van der Waals surface area contributed by atoms with Gasteiger partial charge in [0, 0.05) is 37.8 Å². The van der Waals surface area contributed by atoms with Crippen LogP contribution in [0.3, 0.4) is 0 Å². The third-order valence-electron chi connectivity index (χ3n) is 9.69. The molecule has 0 bridgehead atoms. The lowest BCUT2D eigenvalue weighted by atomic mass is 9.54. The van der Waals surface area contributed by atoms with Crippen molar-refractivity contribution < 1.29 is 48.8 Å². The van der Waals surface area contributed by atoms with Gasteiger partial charge < -0.3 is 35.4 Å². The SMILES string of the molecule is C=CCN(Cc1cc(N(C)C)c2c(c1O)C(=O)C1C(=O)[C@]3(O)C(O)=C(C(N)=O)C(=O)[C@@H](N(C)C)C3CC1C2)C(=O)Oc1ccc(OC)cc1. The number of amides is 2. The van der Waals surface area contributed by atoms with E-state index in [0.717, 1.165) is 0 Å². The van der Waals surface area contributed by atoms with Crippen molar-refractivity contribution in [1.82, 2.24) is 9.80 Å². The van der Waals surface area contributed by atoms with E-state index in [1.165, 1.54) is 37.1 Å². The van der Waals surface area contributed by atoms with Gasteiger partial charge in [0.2, 0.25) is 0 Å². The second-order valence-electron chi connectivity index (χ2n) is 13.0. The number of phenols is 1. The number of aliphatic hydroxyl groups excluding tert-OH is 1. The van der Waals surface area contributed by atoms with Gasteiger partial charge in [0.25, 0.3) is 5.91 Å². The number of ketones is 3. The number of rotatable bonds is 9. The lowest BCUT2D eigenvalue weighted by Gasteiger charge is -2.52. The standard InChI is InChI=1S/C35H40N4O10/c1-7-12-39(34(46)49-20-10-8-19(48-6)9-11-20)16-18-15-23(37(2)3)21-13-17-14-22-27(38(4)5)30(42)26(33(36)45)32(44)35(22,47)31(43)24(17)29(41)25(21)28(18)40/h7-11,15,17,22,24,27,40,44,47H,1,12-14,16H2,2-6H3,(H2,36,45)/t17?,22?,24?,27-,35-/m0/s1. The van der Waals surface area contributed by atoms with E-state index in [1.807, 2.05) is 0 Å². The quantitative estimate of drug-likeness (QED) is 0.171. The maximum absolute atomic E-state index is 14.4. The van der Waals surface area contributed by atoms with Gasteiger partial charge >= 0.3 is 6.09 Å². The van der Waals surface area contributed by atoms with E-state index in [1.54, 1.807) is 49.3 Å². The number of aliphatic hydroxyl groups is 2. The summed E-state index contributed by atoms with van der Waals surface area (Å²) in [5.74, 6) is -8.28. The van der Waals surface area contributed by atoms with Crippen LogP contribution in [-0.2, 0) is 27.3 Å². The smallest absolute Gasteiger partial charge is 0.415 e. The molecule has 5 N–H and O–H groups in total. The Hall–Kier alpha value is -5.21. The molecule has 0 aliphatic heterocycles. The summed E-state index contributed by atoms with van der Waals surface area (Å²) >= 11 is 0. The first kappa shape index (κ1) is 35.1. The van der Waals surface area contributed by atoms with E-state index in [4.69, 9.17) is 15.2 Å². The van der Waals surface area contributed by atoms with Crippen molar-refractivity contribution >= 4 is 35.0 Å². The second-order valence-corrected chi connectivity index (χ2v) is 13.0. The van der Waals surface area contributed by atoms with Gasteiger partial charge in [-0.2, -0.15) is 0 Å². The summed E-state index contributed by atoms with van der Waals surface area (Å²) in [4.78, 5) is 71.9. The third-order valence-corrected chi connectivity index (χ3v) is 9.69. The van der Waals surface area contributed by atoms with Gasteiger partial charge in [0.1, 0.15) is 28.6 Å². The summed E-state index contributed by atoms with van der Waals surface area (Å²) in [5, 5.41) is 34.6. The number of anilines is 1. The van der Waals surface area contributed by atoms with Crippen molar-refractivity contribution in [3.8, 4) is 17.2 Å². The van der Waals surface area contributed by atoms with E-state index in [0.29, 0.717) is 17.0 Å². The molecule has 2 aromatic carbocycles. The molecule has 0 aromatic heterocycles. The monoisotopic (exact) mass is 676 g/mol. The van der Waals surface area contributed by atoms with Gasteiger partial charge in [0.05, 0.1) is 31.2 Å². The van der Waals surface area contributed by atoms with Crippen molar-refractivity contribution in [3.63, 3.8) is 0 Å². The van der Waals surface area contributed by atoms with Gasteiger partial charge in [-0.25, -0.2) is 4.79 Å². The first-order valence-corrected chi connectivity index (χ1v) is 15.6. The zero-order chi connectivity index (χ0) is 36.1. The molecular formula is C35H40N4O10. The summed E-state index contributed by atoms with van der Waals surface area (Å²) in [5.41, 5.74) is 2.78. The Balaban J connectivity index is 1.56. The molecular weight excluding hydrogens is 636 g/mol. The molecule has 3 aliphatic carbocycles. The Labute approximate surface area is 283 Å². The molecule has 14 heteroatoms. The number of fused-ring (bicyclic) bond motifs is 3. The fourth-order valence-electron chi connectivity index (χ4n) is 7.46. The highest BCUT2D eigenvalue weighted by molar-refractivity contribution is 6.25. The maximum Gasteiger partial charge on any atom is 0.415 e. The maximum atomic E-state index is 14.4. The lowest BCUT2D eigenvalue weighted by molar-refractivity contribution is -0.163. The minimum absolute atomic E-state index is 0.0218. The van der Waals surface area contributed by atoms with Crippen molar-refractivity contribution in [2.75, 3.05) is 46.7 Å². The number of hydrogen-bond acceptors (Lipinski definition) is 12. The molecule has 0 heterocycles. The Morgan fingerprint density at radius 2 is 1.69 bits per heavy atom. The number of carbonyl (C=O) groups excluding carboxylic acids is 5. The number of aromatic hydroxyl groups is 1. The van der Waals surface area contributed by atoms with Crippen LogP contribution < -0.4 is 20.1 Å². The molecule has 49 heavy (non-hydrogen) atoms. The molecule has 0 spiro atoms. The molecule has 3 aliphatic rings. The normalized spacial score (nSPS) is 24.5. The van der Waals surface area contributed by atoms with Crippen LogP contribution in [0.4, 0.5) is 10.5 Å². The van der Waals surface area contributed by atoms with Crippen molar-refractivity contribution in [2.24, 2.45) is 23.5 Å². The topological polar surface area (TPSA) is 200 Å². The van der Waals surface area contributed by atoms with Gasteiger partial charge in [-0.05, 0) is 68.8 Å². The van der Waals surface area contributed by atoms with Crippen LogP contribution in [0, 0.1) is 17.8 Å². The Kier molecular flexibility index (Phi) is 9.32. The summed E-state index contributed by atoms with van der Waals surface area (Å²) in [6.45, 7) is 3.53. The molecule has 260 valence electrons. The number of carbonyl (C=O) groups is 5. The number of primary amides is 1. The average Bonchev–Trinajstić information content (AvgIpc) is 3.03. The van der Waals surface area contributed by atoms with Crippen LogP contribution in [0.25, 0.3) is 0 Å². The number of benzene rings is 2. The fourth-order valence-corrected chi connectivity index (χ4v) is 7.46. The lowest BCUT2D eigenvalue weighted by Crippen LogP contribution is -2.68. The number of ether oxygens (including phenoxy) is 2. The van der Waals surface area contributed by atoms with Crippen LogP contribution in [-0.4, -0.2) is 108 Å². The highest BCUT2D eigenvalue weighted by Crippen LogP contribution is 2.53. The molecule has 14 nitrogen and oxygen atoms in total. The zero-order valence-electron chi connectivity index (χ0n) is 27.9. The molecule has 2 amide bonds. The van der Waals surface area contributed by atoms with Crippen LogP contribution in [0.15, 0.2) is 54.3 Å². The van der Waals surface area contributed by atoms with Gasteiger partial charge in [-0.3, -0.25) is 29.0 Å². The first-order valence-electron chi connectivity index (χ1n) is 15.6. The van der Waals surface area contributed by atoms with Crippen LogP contribution >= 0.6 is 0 Å². The minimum atomic E-state index is -2.76. The van der Waals surface area contributed by atoms with E-state index in [-0.39, 0.29) is 42.8 Å². The number of phenolic OH excluding ortho intramolecular Hbond substituents is 1. The van der Waals surface area contributed by atoms with Crippen molar-refractivity contribution in [3.05, 3.63) is 71.0 Å². The van der Waals surface area contributed by atoms with Crippen LogP contribution in [0.2, 0.25) is 0 Å². The van der Waals surface area contributed by atoms with E-state index < -0.39 is 75.8 Å². The largest absolute Gasteiger partial charge is 0.508 e. The number of nitrogens with zero attached hydrogens (tertiary/aromatic N) is 3. The highest BCUT2D eigenvalue weighted by Gasteiger charge is 2.66. The zero-order valence-corrected chi connectivity index (χ0v) is 27.9. The summed E-state index contributed by atoms with van der Waals surface area (Å²) in [6, 6.07) is 6.82. The van der Waals surface area contributed by atoms with Crippen molar-refractivity contribution in [2.45, 2.75) is 31.0 Å². The number of nitrogens with two attached hydrogens (primary N) is 1. The molecule has 1 fully saturated rings. The van der Waals surface area contributed by atoms with E-state index in [9.17, 15) is 39.3 Å². The average molecular weight is 677 g/mol. The summed E-state index contributed by atoms with van der Waals surface area (Å²) in [6.07, 6.45) is 0.789.